The average Bonchev–Trinajstić information content (AvgIpc) is 3.31. The molecular weight excluding hydrogens is 492 g/mol. The maximum atomic E-state index is 14.2. The molecule has 0 aliphatic carbocycles. The Bertz CT molecular complexity index is 1370. The highest BCUT2D eigenvalue weighted by atomic mass is 19.4. The van der Waals surface area contributed by atoms with Crippen LogP contribution in [-0.4, -0.2) is 37.7 Å². The summed E-state index contributed by atoms with van der Waals surface area (Å²) in [5.74, 6) is -5.94. The summed E-state index contributed by atoms with van der Waals surface area (Å²) in [4.78, 5) is 22.0. The molecular formula is C24H17F6N3O3. The summed E-state index contributed by atoms with van der Waals surface area (Å²) in [6, 6.07) is 9.75. The first-order valence-corrected chi connectivity index (χ1v) is 10.4. The highest BCUT2D eigenvalue weighted by molar-refractivity contribution is 6.16. The van der Waals surface area contributed by atoms with E-state index in [2.05, 4.69) is 20.5 Å². The van der Waals surface area contributed by atoms with Crippen molar-refractivity contribution in [1.29, 1.82) is 0 Å². The van der Waals surface area contributed by atoms with Crippen molar-refractivity contribution in [2.75, 3.05) is 13.7 Å². The average molecular weight is 509 g/mol. The van der Waals surface area contributed by atoms with E-state index in [1.165, 1.54) is 25.5 Å². The quantitative estimate of drug-likeness (QED) is 0.215. The number of carbonyl (C=O) groups excluding carboxylic acids is 1. The Morgan fingerprint density at radius 2 is 1.81 bits per heavy atom. The van der Waals surface area contributed by atoms with Crippen LogP contribution in [0.3, 0.4) is 0 Å². The van der Waals surface area contributed by atoms with E-state index in [9.17, 15) is 31.1 Å². The van der Waals surface area contributed by atoms with Crippen LogP contribution in [0.4, 0.5) is 26.3 Å². The summed E-state index contributed by atoms with van der Waals surface area (Å²) in [6.45, 7) is 0.0716. The third-order valence-corrected chi connectivity index (χ3v) is 5.65. The minimum absolute atomic E-state index is 0.0716. The van der Waals surface area contributed by atoms with Gasteiger partial charge in [-0.1, -0.05) is 40.6 Å². The van der Waals surface area contributed by atoms with Gasteiger partial charge in [-0.3, -0.25) is 4.79 Å². The van der Waals surface area contributed by atoms with Gasteiger partial charge >= 0.3 is 6.18 Å². The molecule has 1 aliphatic heterocycles. The molecule has 0 radical (unpaired) electrons. The Morgan fingerprint density at radius 3 is 2.44 bits per heavy atom. The molecule has 0 spiro atoms. The van der Waals surface area contributed by atoms with Gasteiger partial charge in [0.05, 0.1) is 18.5 Å². The predicted octanol–water partition coefficient (Wildman–Crippen LogP) is 5.20. The maximum Gasteiger partial charge on any atom is 0.435 e. The first-order valence-electron chi connectivity index (χ1n) is 10.4. The van der Waals surface area contributed by atoms with Gasteiger partial charge in [-0.2, -0.15) is 13.2 Å². The normalized spacial score (nSPS) is 17.8. The van der Waals surface area contributed by atoms with Crippen molar-refractivity contribution in [2.24, 2.45) is 10.3 Å². The second-order valence-corrected chi connectivity index (χ2v) is 7.77. The summed E-state index contributed by atoms with van der Waals surface area (Å²) in [6.07, 6.45) is -4.77. The molecule has 4 rings (SSSR count). The van der Waals surface area contributed by atoms with Crippen molar-refractivity contribution in [2.45, 2.75) is 18.2 Å². The zero-order valence-corrected chi connectivity index (χ0v) is 18.5. The van der Waals surface area contributed by atoms with Gasteiger partial charge in [0.25, 0.3) is 11.5 Å². The van der Waals surface area contributed by atoms with Gasteiger partial charge in [0.15, 0.2) is 17.5 Å². The number of carbonyl (C=O) groups is 1. The molecule has 0 saturated heterocycles. The number of oxime groups is 2. The van der Waals surface area contributed by atoms with E-state index < -0.39 is 47.1 Å². The Kier molecular flexibility index (Phi) is 6.61. The molecule has 36 heavy (non-hydrogen) atoms. The van der Waals surface area contributed by atoms with Crippen molar-refractivity contribution < 1.29 is 40.8 Å². The van der Waals surface area contributed by atoms with Gasteiger partial charge < -0.3 is 15.0 Å². The van der Waals surface area contributed by atoms with E-state index in [4.69, 9.17) is 4.84 Å². The molecule has 3 aromatic rings. The molecule has 6 nitrogen and oxygen atoms in total. The third-order valence-electron chi connectivity index (χ3n) is 5.65. The van der Waals surface area contributed by atoms with Crippen LogP contribution < -0.4 is 5.32 Å². The Labute approximate surface area is 200 Å². The van der Waals surface area contributed by atoms with Gasteiger partial charge in [0, 0.05) is 23.1 Å². The summed E-state index contributed by atoms with van der Waals surface area (Å²) in [5, 5.41) is 10.5. The summed E-state index contributed by atoms with van der Waals surface area (Å²) in [5.41, 5.74) is -3.92. The summed E-state index contributed by atoms with van der Waals surface area (Å²) in [7, 11) is 1.34. The van der Waals surface area contributed by atoms with Gasteiger partial charge in [0.1, 0.15) is 7.11 Å². The molecule has 1 heterocycles. The summed E-state index contributed by atoms with van der Waals surface area (Å²) < 4.78 is 83.6. The van der Waals surface area contributed by atoms with Gasteiger partial charge in [-0.15, -0.1) is 0 Å². The number of halogens is 6. The molecule has 0 fully saturated rings. The first kappa shape index (κ1) is 25.0. The zero-order chi connectivity index (χ0) is 26.1. The molecule has 1 atom stereocenters. The zero-order valence-electron chi connectivity index (χ0n) is 18.5. The van der Waals surface area contributed by atoms with Crippen LogP contribution in [0.1, 0.15) is 27.9 Å². The van der Waals surface area contributed by atoms with Crippen molar-refractivity contribution in [3.05, 3.63) is 82.7 Å². The van der Waals surface area contributed by atoms with Crippen LogP contribution in [0.2, 0.25) is 0 Å². The molecule has 188 valence electrons. The Morgan fingerprint density at radius 1 is 1.14 bits per heavy atom. The van der Waals surface area contributed by atoms with Crippen molar-refractivity contribution in [3.8, 4) is 0 Å². The molecule has 1 aliphatic rings. The largest absolute Gasteiger partial charge is 0.435 e. The van der Waals surface area contributed by atoms with E-state index in [-0.39, 0.29) is 35.5 Å². The van der Waals surface area contributed by atoms with Crippen molar-refractivity contribution >= 4 is 28.6 Å². The van der Waals surface area contributed by atoms with E-state index in [0.29, 0.717) is 10.8 Å². The van der Waals surface area contributed by atoms with Crippen LogP contribution >= 0.6 is 0 Å². The highest BCUT2D eigenvalue weighted by Gasteiger charge is 2.62. The molecule has 3 aromatic carbocycles. The molecule has 1 N–H and O–H groups in total. The fraction of sp³-hybridized carbons (Fsp3) is 0.208. The lowest BCUT2D eigenvalue weighted by Crippen LogP contribution is -2.43. The van der Waals surface area contributed by atoms with E-state index in [1.807, 2.05) is 0 Å². The molecule has 0 saturated carbocycles. The van der Waals surface area contributed by atoms with E-state index in [1.54, 1.807) is 24.3 Å². The second-order valence-electron chi connectivity index (χ2n) is 7.77. The lowest BCUT2D eigenvalue weighted by atomic mass is 9.85. The van der Waals surface area contributed by atoms with Gasteiger partial charge in [0.2, 0.25) is 0 Å². The number of rotatable bonds is 6. The Hall–Kier alpha value is -4.09. The van der Waals surface area contributed by atoms with Crippen LogP contribution in [-0.2, 0) is 15.3 Å². The van der Waals surface area contributed by atoms with Crippen LogP contribution in [0, 0.1) is 17.5 Å². The third kappa shape index (κ3) is 4.34. The second kappa shape index (κ2) is 9.51. The smallest absolute Gasteiger partial charge is 0.399 e. The molecule has 1 amide bonds. The topological polar surface area (TPSA) is 72.3 Å². The fourth-order valence-electron chi connectivity index (χ4n) is 3.93. The highest BCUT2D eigenvalue weighted by Crippen LogP contribution is 2.49. The lowest BCUT2D eigenvalue weighted by Gasteiger charge is -2.29. The van der Waals surface area contributed by atoms with Gasteiger partial charge in [-0.05, 0) is 29.0 Å². The van der Waals surface area contributed by atoms with Crippen molar-refractivity contribution in [1.82, 2.24) is 5.32 Å². The van der Waals surface area contributed by atoms with E-state index >= 15 is 0 Å². The number of fused-ring (bicyclic) bond motifs is 1. The number of nitrogens with zero attached hydrogens (tertiary/aromatic N) is 2. The van der Waals surface area contributed by atoms with Crippen LogP contribution in [0.5, 0.6) is 0 Å². The number of alkyl halides is 3. The van der Waals surface area contributed by atoms with Crippen LogP contribution in [0.15, 0.2) is 58.8 Å². The Balaban J connectivity index is 1.73. The number of hydrogen-bond donors (Lipinski definition) is 1. The van der Waals surface area contributed by atoms with E-state index in [0.717, 1.165) is 0 Å². The standard InChI is InChI=1S/C24H17F6N3O3/c1-35-32-9-8-31-22(34)17-7-6-16(14-4-2-3-5-15(14)17)20-12-23(36-33-20,24(28,29)30)13-10-18(25)21(27)19(26)11-13/h2-7,9-11H,8,12H2,1H3,(H,31,34). The molecule has 0 bridgehead atoms. The minimum atomic E-state index is -5.16. The molecule has 0 aromatic heterocycles. The molecule has 1 unspecified atom stereocenters. The summed E-state index contributed by atoms with van der Waals surface area (Å²) >= 11 is 0. The first-order chi connectivity index (χ1) is 17.1. The SMILES string of the molecule is CON=CCNC(=O)c1ccc(C2=NOC(c3cc(F)c(F)c(F)c3)(C(F)(F)F)C2)c2ccccc12. The number of benzene rings is 3. The number of nitrogens with one attached hydrogen (secondary N) is 1. The van der Waals surface area contributed by atoms with Crippen LogP contribution in [0.25, 0.3) is 10.8 Å². The monoisotopic (exact) mass is 509 g/mol. The fourth-order valence-corrected chi connectivity index (χ4v) is 3.93. The maximum absolute atomic E-state index is 14.2. The number of hydrogen-bond acceptors (Lipinski definition) is 5. The predicted molar refractivity (Wildman–Crippen MR) is 118 cm³/mol. The van der Waals surface area contributed by atoms with Crippen molar-refractivity contribution in [3.63, 3.8) is 0 Å². The van der Waals surface area contributed by atoms with Gasteiger partial charge in [-0.25, -0.2) is 13.2 Å². The number of amides is 1. The molecule has 12 heteroatoms. The minimum Gasteiger partial charge on any atom is -0.399 e. The lowest BCUT2D eigenvalue weighted by molar-refractivity contribution is -0.276.